The number of benzene rings is 2. The van der Waals surface area contributed by atoms with Gasteiger partial charge in [0.2, 0.25) is 5.91 Å². The van der Waals surface area contributed by atoms with Crippen LogP contribution in [0.25, 0.3) is 11.3 Å². The minimum atomic E-state index is -0.468. The van der Waals surface area contributed by atoms with Crippen LogP contribution in [-0.2, 0) is 16.6 Å². The number of halogens is 1. The molecule has 0 fully saturated rings. The summed E-state index contributed by atoms with van der Waals surface area (Å²) in [5, 5.41) is 15.2. The van der Waals surface area contributed by atoms with Crippen molar-refractivity contribution >= 4 is 33.7 Å². The van der Waals surface area contributed by atoms with Gasteiger partial charge in [-0.05, 0) is 40.8 Å². The van der Waals surface area contributed by atoms with Gasteiger partial charge in [-0.1, -0.05) is 61.0 Å². The predicted octanol–water partition coefficient (Wildman–Crippen LogP) is 5.61. The maximum Gasteiger partial charge on any atom is 0.281 e. The fraction of sp³-hybridized carbons (Fsp3) is 0.217. The van der Waals surface area contributed by atoms with E-state index in [1.54, 1.807) is 24.3 Å². The molecular weight excluding hydrogens is 462 g/mol. The standard InChI is InChI=1S/C23H22BrN3O4/c1-23(2,3)16-6-4-15(5-7-16)12-22(28)26-25-14-18-9-11-21(31-18)19-10-8-17(24)13-20(19)27(29)30/h4-11,13-14H,12H2,1-3H3,(H,26,28)/b25-14-. The molecule has 2 aromatic carbocycles. The lowest BCUT2D eigenvalue weighted by atomic mass is 9.86. The maximum absolute atomic E-state index is 12.1. The fourth-order valence-electron chi connectivity index (χ4n) is 2.95. The van der Waals surface area contributed by atoms with Crippen LogP contribution >= 0.6 is 15.9 Å². The molecule has 3 aromatic rings. The Balaban J connectivity index is 1.62. The number of carbonyl (C=O) groups is 1. The molecule has 8 heteroatoms. The molecule has 0 aliphatic rings. The molecule has 1 aromatic heterocycles. The second-order valence-electron chi connectivity index (χ2n) is 8.04. The number of hydrogen-bond donors (Lipinski definition) is 1. The van der Waals surface area contributed by atoms with E-state index in [4.69, 9.17) is 4.42 Å². The molecule has 0 unspecified atom stereocenters. The summed E-state index contributed by atoms with van der Waals surface area (Å²) in [6.45, 7) is 6.41. The number of amides is 1. The second-order valence-corrected chi connectivity index (χ2v) is 8.95. The van der Waals surface area contributed by atoms with Crippen molar-refractivity contribution in [3.63, 3.8) is 0 Å². The minimum Gasteiger partial charge on any atom is -0.455 e. The maximum atomic E-state index is 12.1. The van der Waals surface area contributed by atoms with Crippen molar-refractivity contribution in [3.8, 4) is 11.3 Å². The molecular formula is C23H22BrN3O4. The van der Waals surface area contributed by atoms with Gasteiger partial charge >= 0.3 is 0 Å². The van der Waals surface area contributed by atoms with Crippen molar-refractivity contribution in [3.05, 3.63) is 86.1 Å². The van der Waals surface area contributed by atoms with Crippen molar-refractivity contribution in [2.75, 3.05) is 0 Å². The van der Waals surface area contributed by atoms with Gasteiger partial charge in [-0.15, -0.1) is 0 Å². The third kappa shape index (κ3) is 5.88. The Kier molecular flexibility index (Phi) is 6.70. The molecule has 3 rings (SSSR count). The first kappa shape index (κ1) is 22.4. The smallest absolute Gasteiger partial charge is 0.281 e. The first-order valence-corrected chi connectivity index (χ1v) is 10.4. The molecule has 1 heterocycles. The molecule has 1 amide bonds. The van der Waals surface area contributed by atoms with E-state index in [2.05, 4.69) is 47.2 Å². The van der Waals surface area contributed by atoms with Crippen molar-refractivity contribution < 1.29 is 14.1 Å². The number of furan rings is 1. The molecule has 0 aliphatic carbocycles. The molecule has 0 aliphatic heterocycles. The zero-order valence-electron chi connectivity index (χ0n) is 17.4. The number of rotatable bonds is 6. The van der Waals surface area contributed by atoms with E-state index in [1.807, 2.05) is 24.3 Å². The largest absolute Gasteiger partial charge is 0.455 e. The molecule has 0 atom stereocenters. The van der Waals surface area contributed by atoms with Gasteiger partial charge in [0.1, 0.15) is 11.5 Å². The number of carbonyl (C=O) groups excluding carboxylic acids is 1. The molecule has 7 nitrogen and oxygen atoms in total. The van der Waals surface area contributed by atoms with Crippen molar-refractivity contribution in [1.82, 2.24) is 5.43 Å². The summed E-state index contributed by atoms with van der Waals surface area (Å²) in [5.41, 5.74) is 4.91. The average Bonchev–Trinajstić information content (AvgIpc) is 3.16. The lowest BCUT2D eigenvalue weighted by Gasteiger charge is -2.19. The Morgan fingerprint density at radius 3 is 2.52 bits per heavy atom. The summed E-state index contributed by atoms with van der Waals surface area (Å²) in [6.07, 6.45) is 1.56. The van der Waals surface area contributed by atoms with Crippen LogP contribution < -0.4 is 5.43 Å². The Morgan fingerprint density at radius 1 is 1.16 bits per heavy atom. The highest BCUT2D eigenvalue weighted by Crippen LogP contribution is 2.33. The van der Waals surface area contributed by atoms with Crippen LogP contribution in [0.3, 0.4) is 0 Å². The lowest BCUT2D eigenvalue weighted by Crippen LogP contribution is -2.20. The Labute approximate surface area is 188 Å². The van der Waals surface area contributed by atoms with Gasteiger partial charge in [-0.25, -0.2) is 5.43 Å². The molecule has 1 N–H and O–H groups in total. The van der Waals surface area contributed by atoms with Gasteiger partial charge in [0.25, 0.3) is 5.69 Å². The average molecular weight is 484 g/mol. The predicted molar refractivity (Wildman–Crippen MR) is 123 cm³/mol. The molecule has 0 saturated heterocycles. The van der Waals surface area contributed by atoms with E-state index in [1.165, 1.54) is 17.8 Å². The Bertz CT molecular complexity index is 1130. The number of nitrogens with zero attached hydrogens (tertiary/aromatic N) is 2. The summed E-state index contributed by atoms with van der Waals surface area (Å²) in [6, 6.07) is 15.9. The van der Waals surface area contributed by atoms with Gasteiger partial charge in [-0.3, -0.25) is 14.9 Å². The molecule has 0 spiro atoms. The number of hydrogen-bond acceptors (Lipinski definition) is 5. The Morgan fingerprint density at radius 2 is 1.87 bits per heavy atom. The minimum absolute atomic E-state index is 0.0592. The van der Waals surface area contributed by atoms with E-state index in [0.717, 1.165) is 5.56 Å². The number of nitrogens with one attached hydrogen (secondary N) is 1. The quantitative estimate of drug-likeness (QED) is 0.280. The monoisotopic (exact) mass is 483 g/mol. The number of nitro benzene ring substituents is 1. The number of nitro groups is 1. The van der Waals surface area contributed by atoms with Crippen LogP contribution in [0.15, 0.2) is 68.6 Å². The van der Waals surface area contributed by atoms with Crippen LogP contribution in [0.1, 0.15) is 37.7 Å². The summed E-state index contributed by atoms with van der Waals surface area (Å²) < 4.78 is 6.23. The van der Waals surface area contributed by atoms with Crippen LogP contribution in [0.2, 0.25) is 0 Å². The lowest BCUT2D eigenvalue weighted by molar-refractivity contribution is -0.384. The molecule has 31 heavy (non-hydrogen) atoms. The summed E-state index contributed by atoms with van der Waals surface area (Å²) in [4.78, 5) is 22.9. The van der Waals surface area contributed by atoms with E-state index < -0.39 is 4.92 Å². The summed E-state index contributed by atoms with van der Waals surface area (Å²) in [7, 11) is 0. The first-order chi connectivity index (χ1) is 14.6. The highest BCUT2D eigenvalue weighted by atomic mass is 79.9. The summed E-state index contributed by atoms with van der Waals surface area (Å²) >= 11 is 3.23. The van der Waals surface area contributed by atoms with Gasteiger partial charge in [-0.2, -0.15) is 5.10 Å². The van der Waals surface area contributed by atoms with E-state index in [-0.39, 0.29) is 23.4 Å². The van der Waals surface area contributed by atoms with Crippen LogP contribution in [0.5, 0.6) is 0 Å². The van der Waals surface area contributed by atoms with Crippen molar-refractivity contribution in [2.45, 2.75) is 32.6 Å². The van der Waals surface area contributed by atoms with E-state index in [0.29, 0.717) is 21.6 Å². The normalized spacial score (nSPS) is 11.6. The van der Waals surface area contributed by atoms with Crippen molar-refractivity contribution in [2.24, 2.45) is 5.10 Å². The second kappa shape index (κ2) is 9.26. The highest BCUT2D eigenvalue weighted by molar-refractivity contribution is 9.10. The third-order valence-corrected chi connectivity index (χ3v) is 5.11. The van der Waals surface area contributed by atoms with Crippen molar-refractivity contribution in [1.29, 1.82) is 0 Å². The number of hydrazone groups is 1. The highest BCUT2D eigenvalue weighted by Gasteiger charge is 2.18. The zero-order chi connectivity index (χ0) is 22.6. The first-order valence-electron chi connectivity index (χ1n) is 9.59. The van der Waals surface area contributed by atoms with Gasteiger partial charge in [0.05, 0.1) is 23.1 Å². The molecule has 0 radical (unpaired) electrons. The fourth-order valence-corrected chi connectivity index (χ4v) is 3.30. The SMILES string of the molecule is CC(C)(C)c1ccc(CC(=O)N/N=C\c2ccc(-c3ccc(Br)cc3[N+](=O)[O-])o2)cc1. The van der Waals surface area contributed by atoms with E-state index in [9.17, 15) is 14.9 Å². The summed E-state index contributed by atoms with van der Waals surface area (Å²) in [5.74, 6) is 0.447. The van der Waals surface area contributed by atoms with Gasteiger partial charge < -0.3 is 4.42 Å². The molecule has 0 saturated carbocycles. The van der Waals surface area contributed by atoms with Crippen LogP contribution in [0.4, 0.5) is 5.69 Å². The van der Waals surface area contributed by atoms with E-state index >= 15 is 0 Å². The molecule has 160 valence electrons. The third-order valence-electron chi connectivity index (χ3n) is 4.61. The van der Waals surface area contributed by atoms with Gasteiger partial charge in [0.15, 0.2) is 0 Å². The van der Waals surface area contributed by atoms with Crippen LogP contribution in [0, 0.1) is 10.1 Å². The topological polar surface area (TPSA) is 97.7 Å². The zero-order valence-corrected chi connectivity index (χ0v) is 19.0. The van der Waals surface area contributed by atoms with Gasteiger partial charge in [0, 0.05) is 10.5 Å². The Hall–Kier alpha value is -3.26. The molecule has 0 bridgehead atoms. The van der Waals surface area contributed by atoms with Crippen LogP contribution in [-0.4, -0.2) is 17.0 Å².